The number of aromatic hydroxyl groups is 1. The van der Waals surface area contributed by atoms with Crippen molar-refractivity contribution in [2.45, 2.75) is 58.7 Å². The molecule has 1 saturated heterocycles. The number of hydrogen-bond donors (Lipinski definition) is 4. The zero-order chi connectivity index (χ0) is 22.4. The van der Waals surface area contributed by atoms with E-state index in [1.54, 1.807) is 12.3 Å². The lowest BCUT2D eigenvalue weighted by Crippen LogP contribution is -2.53. The molecule has 0 aromatic carbocycles. The van der Waals surface area contributed by atoms with E-state index >= 15 is 0 Å². The van der Waals surface area contributed by atoms with Crippen molar-refractivity contribution in [2.75, 3.05) is 6.54 Å². The van der Waals surface area contributed by atoms with Gasteiger partial charge in [0.25, 0.3) is 0 Å². The Morgan fingerprint density at radius 2 is 2.12 bits per heavy atom. The predicted molar refractivity (Wildman–Crippen MR) is 126 cm³/mol. The zero-order valence-electron chi connectivity index (χ0n) is 18.6. The first-order valence-corrected chi connectivity index (χ1v) is 11.2. The number of amidine groups is 2. The smallest absolute Gasteiger partial charge is 0.326 e. The Hall–Kier alpha value is -3.36. The number of aliphatic imine (C=N–C) groups is 2. The lowest BCUT2D eigenvalue weighted by molar-refractivity contribution is 0.353. The maximum absolute atomic E-state index is 11.5. The minimum absolute atomic E-state index is 0.192. The number of hydrogen-bond acceptors (Lipinski definition) is 5. The monoisotopic (exact) mass is 435 g/mol. The van der Waals surface area contributed by atoms with Gasteiger partial charge in [0.2, 0.25) is 5.88 Å². The Bertz CT molecular complexity index is 1170. The van der Waals surface area contributed by atoms with Crippen LogP contribution in [0.25, 0.3) is 6.08 Å². The SMILES string of the molecule is CC1=CCC(C)C(CN=C2CC(=NC3CC3)N3N=C/C(=C/c4[nH]c(=O)[nH]c4O)C3N2)=C1C. The van der Waals surface area contributed by atoms with Crippen LogP contribution in [-0.2, 0) is 0 Å². The highest BCUT2D eigenvalue weighted by Gasteiger charge is 2.36. The number of fused-ring (bicyclic) bond motifs is 1. The summed E-state index contributed by atoms with van der Waals surface area (Å²) in [6, 6.07) is 0.370. The molecule has 3 heterocycles. The van der Waals surface area contributed by atoms with Crippen molar-refractivity contribution in [3.8, 4) is 5.88 Å². The van der Waals surface area contributed by atoms with Crippen LogP contribution in [0.4, 0.5) is 0 Å². The number of allylic oxidation sites excluding steroid dienone is 3. The van der Waals surface area contributed by atoms with Gasteiger partial charge < -0.3 is 15.4 Å². The van der Waals surface area contributed by atoms with Crippen LogP contribution in [0.5, 0.6) is 5.88 Å². The molecule has 2 aliphatic heterocycles. The Morgan fingerprint density at radius 1 is 1.31 bits per heavy atom. The van der Waals surface area contributed by atoms with E-state index < -0.39 is 5.69 Å². The van der Waals surface area contributed by atoms with Crippen molar-refractivity contribution in [1.29, 1.82) is 0 Å². The third-order valence-electron chi connectivity index (χ3n) is 6.60. The highest BCUT2D eigenvalue weighted by Crippen LogP contribution is 2.31. The van der Waals surface area contributed by atoms with Crippen molar-refractivity contribution in [1.82, 2.24) is 20.3 Å². The summed E-state index contributed by atoms with van der Waals surface area (Å²) in [5.41, 5.74) is 4.75. The molecular formula is C23H29N7O2. The van der Waals surface area contributed by atoms with Gasteiger partial charge in [0, 0.05) is 5.57 Å². The summed E-state index contributed by atoms with van der Waals surface area (Å²) in [6.07, 6.45) is 9.37. The van der Waals surface area contributed by atoms with Crippen molar-refractivity contribution in [3.63, 3.8) is 0 Å². The molecule has 2 aliphatic carbocycles. The molecule has 2 atom stereocenters. The summed E-state index contributed by atoms with van der Waals surface area (Å²) >= 11 is 0. The van der Waals surface area contributed by atoms with E-state index in [0.717, 1.165) is 36.5 Å². The fourth-order valence-corrected chi connectivity index (χ4v) is 4.33. The number of hydrazone groups is 1. The molecule has 168 valence electrons. The van der Waals surface area contributed by atoms with E-state index in [4.69, 9.17) is 9.98 Å². The molecule has 0 spiro atoms. The van der Waals surface area contributed by atoms with Gasteiger partial charge in [-0.05, 0) is 56.3 Å². The molecule has 1 aromatic heterocycles. The number of imidazole rings is 1. The summed E-state index contributed by atoms with van der Waals surface area (Å²) in [5.74, 6) is 2.08. The van der Waals surface area contributed by atoms with E-state index in [1.807, 2.05) is 5.01 Å². The Morgan fingerprint density at radius 3 is 2.84 bits per heavy atom. The molecule has 0 bridgehead atoms. The van der Waals surface area contributed by atoms with Gasteiger partial charge in [0.1, 0.15) is 17.4 Å². The molecule has 2 unspecified atom stereocenters. The minimum Gasteiger partial charge on any atom is -0.493 e. The highest BCUT2D eigenvalue weighted by atomic mass is 16.3. The molecule has 2 fully saturated rings. The largest absolute Gasteiger partial charge is 0.493 e. The maximum Gasteiger partial charge on any atom is 0.326 e. The Labute approximate surface area is 186 Å². The molecule has 4 N–H and O–H groups in total. The van der Waals surface area contributed by atoms with Crippen molar-refractivity contribution in [2.24, 2.45) is 21.0 Å². The molecule has 4 aliphatic rings. The summed E-state index contributed by atoms with van der Waals surface area (Å²) in [6.45, 7) is 7.27. The molecule has 5 rings (SSSR count). The Kier molecular flexibility index (Phi) is 5.11. The van der Waals surface area contributed by atoms with Gasteiger partial charge in [-0.25, -0.2) is 9.80 Å². The first kappa shape index (κ1) is 20.5. The van der Waals surface area contributed by atoms with Crippen molar-refractivity contribution in [3.05, 3.63) is 44.5 Å². The lowest BCUT2D eigenvalue weighted by Gasteiger charge is -2.33. The van der Waals surface area contributed by atoms with Gasteiger partial charge in [0.05, 0.1) is 25.2 Å². The average Bonchev–Trinajstić information content (AvgIpc) is 3.39. The lowest BCUT2D eigenvalue weighted by atomic mass is 9.85. The maximum atomic E-state index is 11.5. The van der Waals surface area contributed by atoms with Crippen LogP contribution in [0, 0.1) is 5.92 Å². The molecule has 1 saturated carbocycles. The van der Waals surface area contributed by atoms with Crippen molar-refractivity contribution >= 4 is 24.0 Å². The van der Waals surface area contributed by atoms with Gasteiger partial charge >= 0.3 is 5.69 Å². The number of H-pyrrole nitrogens is 2. The molecule has 32 heavy (non-hydrogen) atoms. The van der Waals surface area contributed by atoms with Crippen molar-refractivity contribution < 1.29 is 5.11 Å². The average molecular weight is 436 g/mol. The number of nitrogens with zero attached hydrogens (tertiary/aromatic N) is 4. The number of aromatic amines is 2. The van der Waals surface area contributed by atoms with Crippen LogP contribution in [0.2, 0.25) is 0 Å². The van der Waals surface area contributed by atoms with Crippen LogP contribution < -0.4 is 11.0 Å². The molecule has 1 aromatic rings. The zero-order valence-corrected chi connectivity index (χ0v) is 18.6. The minimum atomic E-state index is -0.453. The third-order valence-corrected chi connectivity index (χ3v) is 6.60. The standard InChI is InChI=1S/C23H29N7O2/c1-12-4-5-13(2)17(14(12)3)11-24-19-9-20(26-16-6-7-16)30-21(28-19)15(10-25-30)8-18-22(31)29-23(32)27-18/h4,8,10,13,16,21,31H,5-7,9,11H2,1-3H3,(H,24,28)(H2,27,29,32)/b15-8-,26-20?. The van der Waals surface area contributed by atoms with Gasteiger partial charge in [-0.15, -0.1) is 0 Å². The topological polar surface area (TPSA) is 121 Å². The van der Waals surface area contributed by atoms with Gasteiger partial charge in [0.15, 0.2) is 6.17 Å². The summed E-state index contributed by atoms with van der Waals surface area (Å²) < 4.78 is 0. The number of rotatable bonds is 4. The second-order valence-electron chi connectivity index (χ2n) is 9.01. The fraction of sp³-hybridized carbons (Fsp3) is 0.478. The molecule has 9 heteroatoms. The Balaban J connectivity index is 1.44. The van der Waals surface area contributed by atoms with Crippen LogP contribution in [-0.4, -0.2) is 56.7 Å². The van der Waals surface area contributed by atoms with E-state index in [-0.39, 0.29) is 12.0 Å². The molecule has 0 radical (unpaired) electrons. The summed E-state index contributed by atoms with van der Waals surface area (Å²) in [4.78, 5) is 26.3. The van der Waals surface area contributed by atoms with Crippen LogP contribution in [0.1, 0.15) is 52.1 Å². The normalized spacial score (nSPS) is 29.2. The predicted octanol–water partition coefficient (Wildman–Crippen LogP) is 2.67. The highest BCUT2D eigenvalue weighted by molar-refractivity contribution is 6.08. The second kappa shape index (κ2) is 7.96. The van der Waals surface area contributed by atoms with E-state index in [9.17, 15) is 9.90 Å². The van der Waals surface area contributed by atoms with E-state index in [2.05, 4.69) is 47.2 Å². The number of nitrogens with one attached hydrogen (secondary N) is 3. The quantitative estimate of drug-likeness (QED) is 0.581. The van der Waals surface area contributed by atoms with Gasteiger partial charge in [-0.2, -0.15) is 5.10 Å². The second-order valence-corrected chi connectivity index (χ2v) is 9.01. The van der Waals surface area contributed by atoms with E-state index in [0.29, 0.717) is 30.6 Å². The first-order valence-electron chi connectivity index (χ1n) is 11.2. The van der Waals surface area contributed by atoms with Crippen LogP contribution in [0.15, 0.2) is 48.2 Å². The van der Waals surface area contributed by atoms with Gasteiger partial charge in [-0.1, -0.05) is 18.6 Å². The molecule has 0 amide bonds. The van der Waals surface area contributed by atoms with E-state index in [1.165, 1.54) is 16.7 Å². The number of aromatic nitrogens is 2. The molecular weight excluding hydrogens is 406 g/mol. The van der Waals surface area contributed by atoms with Gasteiger partial charge in [-0.3, -0.25) is 15.0 Å². The molecule has 9 nitrogen and oxygen atoms in total. The van der Waals surface area contributed by atoms with Crippen LogP contribution >= 0.6 is 0 Å². The summed E-state index contributed by atoms with van der Waals surface area (Å²) in [5, 5.41) is 19.9. The van der Waals surface area contributed by atoms with Crippen LogP contribution in [0.3, 0.4) is 0 Å². The summed E-state index contributed by atoms with van der Waals surface area (Å²) in [7, 11) is 0. The fourth-order valence-electron chi connectivity index (χ4n) is 4.33. The first-order chi connectivity index (χ1) is 15.4. The third kappa shape index (κ3) is 3.94.